The first-order chi connectivity index (χ1) is 15.7. The minimum atomic E-state index is -0.409. The summed E-state index contributed by atoms with van der Waals surface area (Å²) >= 11 is 0. The third-order valence-corrected chi connectivity index (χ3v) is 3.62. The highest BCUT2D eigenvalue weighted by Gasteiger charge is 2.00. The quantitative estimate of drug-likeness (QED) is 0.139. The van der Waals surface area contributed by atoms with Gasteiger partial charge in [0.2, 0.25) is 0 Å². The van der Waals surface area contributed by atoms with Gasteiger partial charge in [0.15, 0.2) is 0 Å². The van der Waals surface area contributed by atoms with Crippen molar-refractivity contribution < 1.29 is 52.2 Å². The van der Waals surface area contributed by atoms with E-state index in [1.807, 2.05) is 6.92 Å². The van der Waals surface area contributed by atoms with Crippen LogP contribution < -0.4 is 0 Å². The molecule has 0 aliphatic heterocycles. The van der Waals surface area contributed by atoms with Crippen LogP contribution in [0.3, 0.4) is 0 Å². The first-order valence-electron chi connectivity index (χ1n) is 11.0. The number of ether oxygens (including phenoxy) is 9. The molecule has 11 nitrogen and oxygen atoms in total. The van der Waals surface area contributed by atoms with Gasteiger partial charge in [0.05, 0.1) is 93.0 Å². The summed E-state index contributed by atoms with van der Waals surface area (Å²) in [4.78, 5) is 21.9. The summed E-state index contributed by atoms with van der Waals surface area (Å²) in [6.45, 7) is 7.92. The van der Waals surface area contributed by atoms with E-state index in [2.05, 4.69) is 4.74 Å². The van der Waals surface area contributed by atoms with Crippen molar-refractivity contribution in [3.8, 4) is 0 Å². The Labute approximate surface area is 190 Å². The smallest absolute Gasteiger partial charge is 0.331 e. The minimum absolute atomic E-state index is 0.0697. The molecule has 0 spiro atoms. The lowest BCUT2D eigenvalue weighted by molar-refractivity contribution is -0.146. The molecule has 0 heterocycles. The molecule has 0 aliphatic carbocycles. The van der Waals surface area contributed by atoms with Gasteiger partial charge in [-0.1, -0.05) is 6.92 Å². The molecule has 0 N–H and O–H groups in total. The molecule has 0 saturated heterocycles. The average Bonchev–Trinajstić information content (AvgIpc) is 2.79. The van der Waals surface area contributed by atoms with Gasteiger partial charge in [0.1, 0.15) is 13.2 Å². The molecular formula is C21H40O11. The molecule has 190 valence electrons. The number of esters is 2. The predicted molar refractivity (Wildman–Crippen MR) is 114 cm³/mol. The lowest BCUT2D eigenvalue weighted by Gasteiger charge is -2.08. The van der Waals surface area contributed by atoms with E-state index in [0.29, 0.717) is 92.3 Å². The highest BCUT2D eigenvalue weighted by Crippen LogP contribution is 1.91. The molecule has 0 unspecified atom stereocenters. The van der Waals surface area contributed by atoms with Crippen molar-refractivity contribution in [2.75, 3.05) is 106 Å². The van der Waals surface area contributed by atoms with Crippen molar-refractivity contribution in [2.24, 2.45) is 0 Å². The van der Waals surface area contributed by atoms with E-state index in [0.717, 1.165) is 6.42 Å². The first kappa shape index (κ1) is 30.7. The molecule has 0 bridgehead atoms. The van der Waals surface area contributed by atoms with Crippen LogP contribution in [0.2, 0.25) is 0 Å². The van der Waals surface area contributed by atoms with E-state index in [1.54, 1.807) is 0 Å². The summed E-state index contributed by atoms with van der Waals surface area (Å²) < 4.78 is 46.5. The largest absolute Gasteiger partial charge is 0.467 e. The van der Waals surface area contributed by atoms with Crippen molar-refractivity contribution >= 4 is 11.9 Å². The van der Waals surface area contributed by atoms with Gasteiger partial charge in [-0.15, -0.1) is 0 Å². The predicted octanol–water partition coefficient (Wildman–Crippen LogP) is 0.619. The number of carbonyl (C=O) groups excluding carboxylic acids is 2. The SMILES string of the molecule is CCCC(=O)OCCOCCOCCOCCOCCOCCOCCOCC(=O)OC. The zero-order valence-electron chi connectivity index (χ0n) is 19.5. The molecule has 0 rings (SSSR count). The van der Waals surface area contributed by atoms with Crippen LogP contribution in [0.15, 0.2) is 0 Å². The monoisotopic (exact) mass is 468 g/mol. The highest BCUT2D eigenvalue weighted by molar-refractivity contribution is 5.70. The molecule has 0 aromatic heterocycles. The van der Waals surface area contributed by atoms with E-state index >= 15 is 0 Å². The minimum Gasteiger partial charge on any atom is -0.467 e. The highest BCUT2D eigenvalue weighted by atomic mass is 16.6. The van der Waals surface area contributed by atoms with Crippen LogP contribution in [0, 0.1) is 0 Å². The van der Waals surface area contributed by atoms with Gasteiger partial charge in [0, 0.05) is 6.42 Å². The Bertz CT molecular complexity index is 421. The molecule has 32 heavy (non-hydrogen) atoms. The molecule has 0 amide bonds. The topological polar surface area (TPSA) is 117 Å². The Morgan fingerprint density at radius 1 is 0.500 bits per heavy atom. The van der Waals surface area contributed by atoms with Gasteiger partial charge in [-0.2, -0.15) is 0 Å². The molecular weight excluding hydrogens is 428 g/mol. The molecule has 0 saturated carbocycles. The molecule has 0 aliphatic rings. The zero-order chi connectivity index (χ0) is 23.5. The maximum atomic E-state index is 11.1. The third-order valence-electron chi connectivity index (χ3n) is 3.62. The van der Waals surface area contributed by atoms with E-state index in [1.165, 1.54) is 7.11 Å². The van der Waals surface area contributed by atoms with Gasteiger partial charge >= 0.3 is 11.9 Å². The summed E-state index contributed by atoms with van der Waals surface area (Å²) in [6.07, 6.45) is 1.23. The third kappa shape index (κ3) is 24.9. The number of hydrogen-bond donors (Lipinski definition) is 0. The molecule has 11 heteroatoms. The van der Waals surface area contributed by atoms with Gasteiger partial charge in [-0.3, -0.25) is 4.79 Å². The van der Waals surface area contributed by atoms with Crippen LogP contribution in [0.5, 0.6) is 0 Å². The molecule has 0 atom stereocenters. The fourth-order valence-corrected chi connectivity index (χ4v) is 2.02. The van der Waals surface area contributed by atoms with E-state index in [-0.39, 0.29) is 19.2 Å². The number of methoxy groups -OCH3 is 1. The van der Waals surface area contributed by atoms with Crippen LogP contribution in [-0.4, -0.2) is 118 Å². The second-order valence-electron chi connectivity index (χ2n) is 6.27. The summed E-state index contributed by atoms with van der Waals surface area (Å²) in [5.41, 5.74) is 0. The fourth-order valence-electron chi connectivity index (χ4n) is 2.02. The van der Waals surface area contributed by atoms with Crippen molar-refractivity contribution in [3.05, 3.63) is 0 Å². The van der Waals surface area contributed by atoms with Gasteiger partial charge in [-0.05, 0) is 6.42 Å². The van der Waals surface area contributed by atoms with Crippen molar-refractivity contribution in [1.82, 2.24) is 0 Å². The van der Waals surface area contributed by atoms with Crippen molar-refractivity contribution in [2.45, 2.75) is 19.8 Å². The molecule has 0 radical (unpaired) electrons. The molecule has 0 fully saturated rings. The Morgan fingerprint density at radius 3 is 1.19 bits per heavy atom. The second-order valence-corrected chi connectivity index (χ2v) is 6.27. The summed E-state index contributed by atoms with van der Waals surface area (Å²) in [7, 11) is 1.31. The Kier molecular flexibility index (Phi) is 24.8. The lowest BCUT2D eigenvalue weighted by atomic mass is 10.3. The Balaban J connectivity index is 3.06. The van der Waals surface area contributed by atoms with Crippen LogP contribution in [0.1, 0.15) is 19.8 Å². The van der Waals surface area contributed by atoms with Gasteiger partial charge in [-0.25, -0.2) is 4.79 Å². The van der Waals surface area contributed by atoms with Crippen molar-refractivity contribution in [3.63, 3.8) is 0 Å². The van der Waals surface area contributed by atoms with Crippen LogP contribution in [0.4, 0.5) is 0 Å². The van der Waals surface area contributed by atoms with Crippen molar-refractivity contribution in [1.29, 1.82) is 0 Å². The first-order valence-corrected chi connectivity index (χ1v) is 11.0. The summed E-state index contributed by atoms with van der Waals surface area (Å²) in [5, 5.41) is 0. The average molecular weight is 469 g/mol. The number of carbonyl (C=O) groups is 2. The van der Waals surface area contributed by atoms with Crippen LogP contribution >= 0.6 is 0 Å². The molecule has 0 aromatic rings. The number of hydrogen-bond acceptors (Lipinski definition) is 11. The maximum absolute atomic E-state index is 11.1. The summed E-state index contributed by atoms with van der Waals surface area (Å²) in [5.74, 6) is -0.600. The van der Waals surface area contributed by atoms with Gasteiger partial charge in [0.25, 0.3) is 0 Å². The van der Waals surface area contributed by atoms with Gasteiger partial charge < -0.3 is 42.6 Å². The normalized spacial score (nSPS) is 10.9. The Morgan fingerprint density at radius 2 is 0.844 bits per heavy atom. The molecule has 0 aromatic carbocycles. The lowest BCUT2D eigenvalue weighted by Crippen LogP contribution is -2.16. The number of rotatable bonds is 25. The van der Waals surface area contributed by atoms with Crippen LogP contribution in [-0.2, 0) is 52.2 Å². The van der Waals surface area contributed by atoms with E-state index in [9.17, 15) is 9.59 Å². The van der Waals surface area contributed by atoms with Crippen LogP contribution in [0.25, 0.3) is 0 Å². The van der Waals surface area contributed by atoms with E-state index in [4.69, 9.17) is 37.9 Å². The summed E-state index contributed by atoms with van der Waals surface area (Å²) in [6, 6.07) is 0. The van der Waals surface area contributed by atoms with E-state index < -0.39 is 5.97 Å². The zero-order valence-corrected chi connectivity index (χ0v) is 19.5. The maximum Gasteiger partial charge on any atom is 0.331 e. The standard InChI is InChI=1S/C21H40O11/c1-3-4-20(22)32-18-17-30-14-13-28-10-9-26-6-5-25-7-8-27-11-12-29-15-16-31-19-21(23)24-2/h3-19H2,1-2H3. The second kappa shape index (κ2) is 25.9. The fraction of sp³-hybridized carbons (Fsp3) is 0.905. The Hall–Kier alpha value is -1.34.